The molecule has 2 unspecified atom stereocenters. The molecule has 3 aromatic rings. The number of benzene rings is 1. The molecule has 3 aliphatic rings. The van der Waals surface area contributed by atoms with Gasteiger partial charge in [0.15, 0.2) is 0 Å². The lowest BCUT2D eigenvalue weighted by molar-refractivity contribution is 0.0937. The second-order valence-electron chi connectivity index (χ2n) is 9.53. The summed E-state index contributed by atoms with van der Waals surface area (Å²) in [5.74, 6) is 7.71. The van der Waals surface area contributed by atoms with Gasteiger partial charge in [-0.2, -0.15) is 0 Å². The second kappa shape index (κ2) is 8.78. The van der Waals surface area contributed by atoms with Gasteiger partial charge in [0.25, 0.3) is 5.91 Å². The summed E-state index contributed by atoms with van der Waals surface area (Å²) < 4.78 is 21.3. The van der Waals surface area contributed by atoms with Crippen LogP contribution in [0.2, 0.25) is 5.02 Å². The molecule has 0 spiro atoms. The average molecular weight is 491 g/mol. The van der Waals surface area contributed by atoms with Crippen LogP contribution in [-0.4, -0.2) is 39.8 Å². The maximum atomic E-state index is 14.1. The summed E-state index contributed by atoms with van der Waals surface area (Å²) in [5.41, 5.74) is 4.00. The normalized spacial score (nSPS) is 24.8. The summed E-state index contributed by atoms with van der Waals surface area (Å²) in [4.78, 5) is 22.4. The first kappa shape index (κ1) is 22.3. The molecule has 5 atom stereocenters. The largest absolute Gasteiger partial charge is 0.381 e. The smallest absolute Gasteiger partial charge is 0.270 e. The lowest BCUT2D eigenvalue weighted by Crippen LogP contribution is -2.31. The maximum Gasteiger partial charge on any atom is 0.270 e. The topological polar surface area (TPSA) is 69.0 Å². The molecule has 178 valence electrons. The van der Waals surface area contributed by atoms with Gasteiger partial charge in [-0.1, -0.05) is 35.6 Å². The van der Waals surface area contributed by atoms with E-state index in [1.165, 1.54) is 0 Å². The summed E-state index contributed by atoms with van der Waals surface area (Å²) in [7, 11) is 0. The Bertz CT molecular complexity index is 1350. The van der Waals surface area contributed by atoms with E-state index in [1.807, 2.05) is 29.7 Å². The highest BCUT2D eigenvalue weighted by molar-refractivity contribution is 6.30. The Labute approximate surface area is 207 Å². The summed E-state index contributed by atoms with van der Waals surface area (Å²) in [5, 5.41) is 3.66. The van der Waals surface area contributed by atoms with Crippen LogP contribution in [0.1, 0.15) is 44.7 Å². The van der Waals surface area contributed by atoms with Crippen molar-refractivity contribution in [3.8, 4) is 11.8 Å². The quantitative estimate of drug-likeness (QED) is 0.563. The first-order valence-corrected chi connectivity index (χ1v) is 12.2. The highest BCUT2D eigenvalue weighted by atomic mass is 35.5. The fraction of sp³-hybridized carbons (Fsp3) is 0.370. The van der Waals surface area contributed by atoms with Crippen LogP contribution in [0.25, 0.3) is 0 Å². The van der Waals surface area contributed by atoms with Gasteiger partial charge < -0.3 is 14.6 Å². The van der Waals surface area contributed by atoms with E-state index >= 15 is 0 Å². The van der Waals surface area contributed by atoms with Crippen molar-refractivity contribution in [3.63, 3.8) is 0 Å². The number of rotatable bonds is 4. The Morgan fingerprint density at radius 3 is 2.80 bits per heavy atom. The van der Waals surface area contributed by atoms with Gasteiger partial charge in [0.05, 0.1) is 37.8 Å². The van der Waals surface area contributed by atoms with Crippen LogP contribution in [0, 0.1) is 36.5 Å². The standard InChI is InChI=1S/C27H24ClFN4O2/c1-15-8-16(2-7-20-21-12-35-13-22(20)21)9-23(31-15)27(34)32-25(17-3-5-18(28)6-4-17)26-24-10-19(29)11-33(24)14-30-26/h3-6,8-9,14,19-22,25H,10-13H2,1H3,(H,32,34)/t19-,20?,21-,22+,25?/m1/s1. The highest BCUT2D eigenvalue weighted by Crippen LogP contribution is 2.50. The van der Waals surface area contributed by atoms with Crippen molar-refractivity contribution in [2.45, 2.75) is 32.1 Å². The number of hydrogen-bond acceptors (Lipinski definition) is 4. The molecule has 6 rings (SSSR count). The molecular formula is C27H24ClFN4O2. The molecule has 4 heterocycles. The predicted molar refractivity (Wildman–Crippen MR) is 129 cm³/mol. The summed E-state index contributed by atoms with van der Waals surface area (Å²) in [6, 6.07) is 10.3. The lowest BCUT2D eigenvalue weighted by atomic mass is 10.0. The van der Waals surface area contributed by atoms with Gasteiger partial charge in [0, 0.05) is 46.1 Å². The monoisotopic (exact) mass is 490 g/mol. The third-order valence-electron chi connectivity index (χ3n) is 7.06. The molecule has 0 bridgehead atoms. The molecular weight excluding hydrogens is 467 g/mol. The Balaban J connectivity index is 1.28. The van der Waals surface area contributed by atoms with Gasteiger partial charge in [-0.15, -0.1) is 0 Å². The zero-order chi connectivity index (χ0) is 24.1. The van der Waals surface area contributed by atoms with E-state index in [0.717, 1.165) is 30.0 Å². The molecule has 35 heavy (non-hydrogen) atoms. The minimum absolute atomic E-state index is 0.270. The number of imidazole rings is 1. The van der Waals surface area contributed by atoms with Crippen LogP contribution in [0.5, 0.6) is 0 Å². The number of carbonyl (C=O) groups is 1. The minimum Gasteiger partial charge on any atom is -0.381 e. The van der Waals surface area contributed by atoms with Crippen LogP contribution in [0.4, 0.5) is 4.39 Å². The first-order valence-electron chi connectivity index (χ1n) is 11.8. The van der Waals surface area contributed by atoms with Crippen LogP contribution in [0.15, 0.2) is 42.7 Å². The number of alkyl halides is 1. The van der Waals surface area contributed by atoms with Crippen molar-refractivity contribution in [3.05, 3.63) is 81.7 Å². The molecule has 1 aliphatic carbocycles. The first-order chi connectivity index (χ1) is 17.0. The van der Waals surface area contributed by atoms with E-state index in [0.29, 0.717) is 34.2 Å². The van der Waals surface area contributed by atoms with E-state index < -0.39 is 12.2 Å². The molecule has 1 saturated carbocycles. The number of ether oxygens (including phenoxy) is 1. The van der Waals surface area contributed by atoms with E-state index in [-0.39, 0.29) is 24.6 Å². The Hall–Kier alpha value is -3.21. The molecule has 2 aliphatic heterocycles. The number of fused-ring (bicyclic) bond motifs is 2. The van der Waals surface area contributed by atoms with Crippen molar-refractivity contribution in [1.29, 1.82) is 0 Å². The zero-order valence-electron chi connectivity index (χ0n) is 19.2. The Morgan fingerprint density at radius 1 is 1.26 bits per heavy atom. The lowest BCUT2D eigenvalue weighted by Gasteiger charge is -2.19. The predicted octanol–water partition coefficient (Wildman–Crippen LogP) is 3.90. The van der Waals surface area contributed by atoms with Crippen LogP contribution >= 0.6 is 11.6 Å². The van der Waals surface area contributed by atoms with E-state index in [4.69, 9.17) is 16.3 Å². The van der Waals surface area contributed by atoms with E-state index in [1.54, 1.807) is 24.5 Å². The SMILES string of the molecule is Cc1cc(C#CC2[C@H]3COC[C@@H]23)cc(C(=O)NC(c2ccc(Cl)cc2)c2ncn3c2C[C@@H](F)C3)n1. The van der Waals surface area contributed by atoms with Crippen molar-refractivity contribution < 1.29 is 13.9 Å². The summed E-state index contributed by atoms with van der Waals surface area (Å²) >= 11 is 6.09. The van der Waals surface area contributed by atoms with Crippen molar-refractivity contribution in [2.75, 3.05) is 13.2 Å². The van der Waals surface area contributed by atoms with Gasteiger partial charge >= 0.3 is 0 Å². The van der Waals surface area contributed by atoms with Gasteiger partial charge in [-0.25, -0.2) is 14.4 Å². The number of halogens is 2. The molecule has 2 fully saturated rings. The summed E-state index contributed by atoms with van der Waals surface area (Å²) in [6.45, 7) is 3.71. The number of aryl methyl sites for hydroxylation is 1. The van der Waals surface area contributed by atoms with E-state index in [2.05, 4.69) is 27.1 Å². The number of aromatic nitrogens is 3. The number of amides is 1. The van der Waals surface area contributed by atoms with Gasteiger partial charge in [-0.3, -0.25) is 4.79 Å². The molecule has 2 aromatic heterocycles. The number of nitrogens with zero attached hydrogens (tertiary/aromatic N) is 3. The van der Waals surface area contributed by atoms with Crippen molar-refractivity contribution in [1.82, 2.24) is 19.9 Å². The highest BCUT2D eigenvalue weighted by Gasteiger charge is 2.53. The molecule has 1 saturated heterocycles. The van der Waals surface area contributed by atoms with Gasteiger partial charge in [-0.05, 0) is 36.8 Å². The van der Waals surface area contributed by atoms with Crippen LogP contribution in [-0.2, 0) is 17.7 Å². The third-order valence-corrected chi connectivity index (χ3v) is 7.31. The zero-order valence-corrected chi connectivity index (χ0v) is 19.9. The maximum absolute atomic E-state index is 14.1. The molecule has 1 aromatic carbocycles. The van der Waals surface area contributed by atoms with Crippen molar-refractivity contribution >= 4 is 17.5 Å². The van der Waals surface area contributed by atoms with Gasteiger partial charge in [0.2, 0.25) is 0 Å². The average Bonchev–Trinajstić information content (AvgIpc) is 3.21. The molecule has 1 N–H and O–H groups in total. The van der Waals surface area contributed by atoms with Crippen LogP contribution in [0.3, 0.4) is 0 Å². The summed E-state index contributed by atoms with van der Waals surface area (Å²) in [6.07, 6.45) is 0.952. The minimum atomic E-state index is -0.953. The Kier molecular flexibility index (Phi) is 5.58. The third kappa shape index (κ3) is 4.33. The number of nitrogens with one attached hydrogen (secondary N) is 1. The van der Waals surface area contributed by atoms with Gasteiger partial charge in [0.1, 0.15) is 11.9 Å². The molecule has 8 heteroatoms. The molecule has 1 amide bonds. The fourth-order valence-corrected chi connectivity index (χ4v) is 5.30. The Morgan fingerprint density at radius 2 is 2.03 bits per heavy atom. The van der Waals surface area contributed by atoms with Crippen molar-refractivity contribution in [2.24, 2.45) is 17.8 Å². The number of pyridine rings is 1. The second-order valence-corrected chi connectivity index (χ2v) is 9.97. The van der Waals surface area contributed by atoms with E-state index in [9.17, 15) is 9.18 Å². The number of carbonyl (C=O) groups excluding carboxylic acids is 1. The fourth-order valence-electron chi connectivity index (χ4n) is 5.18. The van der Waals surface area contributed by atoms with Crippen LogP contribution < -0.4 is 5.32 Å². The molecule has 0 radical (unpaired) electrons. The molecule has 6 nitrogen and oxygen atoms in total. The number of hydrogen-bond donors (Lipinski definition) is 1.